The van der Waals surface area contributed by atoms with Crippen LogP contribution in [0.1, 0.15) is 91.6 Å². The number of hydroxylamine groups is 1. The Bertz CT molecular complexity index is 2110. The Morgan fingerprint density at radius 2 is 1.49 bits per heavy atom. The van der Waals surface area contributed by atoms with Crippen LogP contribution in [-0.4, -0.2) is 83.9 Å². The minimum absolute atomic E-state index is 0.0185. The highest BCUT2D eigenvalue weighted by Gasteiger charge is 2.38. The van der Waals surface area contributed by atoms with Crippen molar-refractivity contribution >= 4 is 39.7 Å². The molecular formula is C40H50FN5O10S. The minimum atomic E-state index is -3.64. The molecule has 17 heteroatoms. The molecule has 0 bridgehead atoms. The van der Waals surface area contributed by atoms with Crippen LogP contribution in [0.2, 0.25) is 0 Å². The molecule has 3 aromatic rings. The van der Waals surface area contributed by atoms with Crippen molar-refractivity contribution in [3.05, 3.63) is 77.4 Å². The number of hydrogen-bond acceptors (Lipinski definition) is 13. The molecule has 2 aliphatic heterocycles. The number of nitrogens with one attached hydrogen (secondary N) is 1. The van der Waals surface area contributed by atoms with E-state index in [9.17, 15) is 22.8 Å². The van der Waals surface area contributed by atoms with E-state index in [1.54, 1.807) is 87.6 Å². The summed E-state index contributed by atoms with van der Waals surface area (Å²) >= 11 is 0. The second-order valence-electron chi connectivity index (χ2n) is 16.7. The molecule has 1 N–H and O–H groups in total. The molecule has 0 saturated carbocycles. The Morgan fingerprint density at radius 3 is 2.04 bits per heavy atom. The highest BCUT2D eigenvalue weighted by Crippen LogP contribution is 2.36. The van der Waals surface area contributed by atoms with Gasteiger partial charge in [-0.1, -0.05) is 24.3 Å². The zero-order valence-corrected chi connectivity index (χ0v) is 34.7. The Kier molecular flexibility index (Phi) is 12.4. The number of nitrogens with zero attached hydrogens (tertiary/aromatic N) is 4. The van der Waals surface area contributed by atoms with Crippen LogP contribution in [0.15, 0.2) is 59.6 Å². The van der Waals surface area contributed by atoms with Gasteiger partial charge in [0.2, 0.25) is 0 Å². The third-order valence-electron chi connectivity index (χ3n) is 8.29. The summed E-state index contributed by atoms with van der Waals surface area (Å²) in [5.74, 6) is -0.931. The van der Waals surface area contributed by atoms with E-state index in [0.717, 1.165) is 0 Å². The lowest BCUT2D eigenvalue weighted by molar-refractivity contribution is 0.0283. The molecule has 5 rings (SSSR count). The zero-order valence-electron chi connectivity index (χ0n) is 33.8. The maximum Gasteiger partial charge on any atom is 0.425 e. The summed E-state index contributed by atoms with van der Waals surface area (Å²) in [4.78, 5) is 57.0. The van der Waals surface area contributed by atoms with Gasteiger partial charge in [-0.3, -0.25) is 0 Å². The molecule has 308 valence electrons. The SMILES string of the molecule is CN(Cc1ccc(C2C=C(c3nc(-c4ccc(S(=O)(=O)C5CCOC5)cc4)cnc3N(C(=O)OC(C)(C)C)C(=O)OC(C)(C)C)ON2)c(F)c1)C(=O)OC(C)(C)C. The molecule has 2 aromatic carbocycles. The normalized spacial score (nSPS) is 17.4. The van der Waals surface area contributed by atoms with Crippen molar-refractivity contribution in [1.82, 2.24) is 20.3 Å². The molecule has 2 unspecified atom stereocenters. The number of rotatable bonds is 8. The number of carbonyl (C=O) groups is 3. The molecule has 1 fully saturated rings. The zero-order chi connectivity index (χ0) is 42.1. The monoisotopic (exact) mass is 811 g/mol. The number of amides is 3. The average Bonchev–Trinajstić information content (AvgIpc) is 3.80. The van der Waals surface area contributed by atoms with E-state index in [1.165, 1.54) is 41.4 Å². The van der Waals surface area contributed by atoms with E-state index in [1.807, 2.05) is 0 Å². The van der Waals surface area contributed by atoms with Gasteiger partial charge < -0.3 is 28.7 Å². The van der Waals surface area contributed by atoms with Crippen LogP contribution >= 0.6 is 0 Å². The summed E-state index contributed by atoms with van der Waals surface area (Å²) in [6, 6.07) is 9.68. The fourth-order valence-electron chi connectivity index (χ4n) is 5.71. The third-order valence-corrected chi connectivity index (χ3v) is 10.5. The first-order chi connectivity index (χ1) is 26.4. The van der Waals surface area contributed by atoms with Crippen molar-refractivity contribution < 1.29 is 51.0 Å². The van der Waals surface area contributed by atoms with E-state index < -0.39 is 62.0 Å². The van der Waals surface area contributed by atoms with Gasteiger partial charge in [0.25, 0.3) is 0 Å². The summed E-state index contributed by atoms with van der Waals surface area (Å²) in [6.07, 6.45) is 0.441. The van der Waals surface area contributed by atoms with E-state index in [-0.39, 0.29) is 46.6 Å². The van der Waals surface area contributed by atoms with Crippen LogP contribution in [0.3, 0.4) is 0 Å². The Morgan fingerprint density at radius 1 is 0.895 bits per heavy atom. The van der Waals surface area contributed by atoms with Gasteiger partial charge in [-0.15, -0.1) is 5.48 Å². The lowest BCUT2D eigenvalue weighted by atomic mass is 10.0. The van der Waals surface area contributed by atoms with Crippen molar-refractivity contribution in [2.75, 3.05) is 25.2 Å². The fourth-order valence-corrected chi connectivity index (χ4v) is 7.29. The molecule has 15 nitrogen and oxygen atoms in total. The van der Waals surface area contributed by atoms with Crippen molar-refractivity contribution in [1.29, 1.82) is 0 Å². The minimum Gasteiger partial charge on any atom is -0.444 e. The van der Waals surface area contributed by atoms with Gasteiger partial charge in [-0.05, 0) is 98.6 Å². The molecule has 3 heterocycles. The van der Waals surface area contributed by atoms with Crippen LogP contribution in [0.25, 0.3) is 17.0 Å². The number of sulfone groups is 1. The molecule has 0 aliphatic carbocycles. The van der Waals surface area contributed by atoms with Crippen LogP contribution < -0.4 is 10.4 Å². The van der Waals surface area contributed by atoms with Crippen molar-refractivity contribution in [2.24, 2.45) is 0 Å². The molecule has 57 heavy (non-hydrogen) atoms. The van der Waals surface area contributed by atoms with E-state index >= 15 is 4.39 Å². The number of carbonyl (C=O) groups excluding carboxylic acids is 3. The van der Waals surface area contributed by atoms with Gasteiger partial charge in [-0.25, -0.2) is 37.2 Å². The topological polar surface area (TPSA) is 176 Å². The number of halogens is 1. The second-order valence-corrected chi connectivity index (χ2v) is 18.9. The Labute approximate surface area is 332 Å². The van der Waals surface area contributed by atoms with Crippen molar-refractivity contribution in [3.63, 3.8) is 0 Å². The first-order valence-corrected chi connectivity index (χ1v) is 19.9. The van der Waals surface area contributed by atoms with Crippen LogP contribution in [0.5, 0.6) is 0 Å². The quantitative estimate of drug-likeness (QED) is 0.222. The molecule has 1 aromatic heterocycles. The van der Waals surface area contributed by atoms with Crippen molar-refractivity contribution in [2.45, 2.75) is 108 Å². The van der Waals surface area contributed by atoms with Crippen LogP contribution in [-0.2, 0) is 40.2 Å². The highest BCUT2D eigenvalue weighted by molar-refractivity contribution is 7.92. The fraction of sp³-hybridized carbons (Fsp3) is 0.475. The van der Waals surface area contributed by atoms with Crippen LogP contribution in [0.4, 0.5) is 24.6 Å². The third kappa shape index (κ3) is 10.8. The highest BCUT2D eigenvalue weighted by atomic mass is 32.2. The van der Waals surface area contributed by atoms with Gasteiger partial charge >= 0.3 is 18.3 Å². The molecule has 2 aliphatic rings. The number of aromatic nitrogens is 2. The molecule has 2 atom stereocenters. The lowest BCUT2D eigenvalue weighted by Gasteiger charge is -2.28. The number of imide groups is 1. The predicted octanol–water partition coefficient (Wildman–Crippen LogP) is 7.51. The standard InChI is InChI=1S/C40H50FN5O10S/c1-38(2,3)53-35(47)45(10)22-24-11-16-28(29(41)19-24)30-20-32(56-44-30)33-34(46(36(48)54-39(4,5)6)37(49)55-40(7,8)9)42-21-31(43-33)25-12-14-26(15-13-25)57(50,51)27-17-18-52-23-27/h11-16,19-21,27,30,44H,17-18,22-23H2,1-10H3. The summed E-state index contributed by atoms with van der Waals surface area (Å²) in [6.45, 7) is 15.6. The van der Waals surface area contributed by atoms with Crippen LogP contribution in [0, 0.1) is 5.82 Å². The molecule has 0 radical (unpaired) electrons. The number of anilines is 1. The smallest absolute Gasteiger partial charge is 0.425 e. The average molecular weight is 812 g/mol. The summed E-state index contributed by atoms with van der Waals surface area (Å²) in [5, 5.41) is -0.646. The predicted molar refractivity (Wildman–Crippen MR) is 208 cm³/mol. The largest absolute Gasteiger partial charge is 0.444 e. The maximum absolute atomic E-state index is 15.7. The number of ether oxygens (including phenoxy) is 4. The van der Waals surface area contributed by atoms with E-state index in [4.69, 9.17) is 28.8 Å². The van der Waals surface area contributed by atoms with Crippen molar-refractivity contribution in [3.8, 4) is 11.3 Å². The summed E-state index contributed by atoms with van der Waals surface area (Å²) in [5.41, 5.74) is 1.27. The lowest BCUT2D eigenvalue weighted by Crippen LogP contribution is -2.44. The molecule has 0 spiro atoms. The summed E-state index contributed by atoms with van der Waals surface area (Å²) < 4.78 is 64.0. The number of benzene rings is 2. The summed E-state index contributed by atoms with van der Waals surface area (Å²) in [7, 11) is -2.09. The van der Waals surface area contributed by atoms with Gasteiger partial charge in [0.15, 0.2) is 27.1 Å². The van der Waals surface area contributed by atoms with Gasteiger partial charge in [0.05, 0.1) is 34.7 Å². The first kappa shape index (κ1) is 43.0. The molecule has 1 saturated heterocycles. The Hall–Kier alpha value is -5.13. The second kappa shape index (κ2) is 16.4. The maximum atomic E-state index is 15.7. The molecular weight excluding hydrogens is 762 g/mol. The van der Waals surface area contributed by atoms with E-state index in [2.05, 4.69) is 10.5 Å². The first-order valence-electron chi connectivity index (χ1n) is 18.3. The van der Waals surface area contributed by atoms with Gasteiger partial charge in [0.1, 0.15) is 22.6 Å². The molecule has 3 amide bonds. The van der Waals surface area contributed by atoms with E-state index in [0.29, 0.717) is 29.1 Å². The van der Waals surface area contributed by atoms with Gasteiger partial charge in [-0.2, -0.15) is 4.90 Å². The number of hydrogen-bond donors (Lipinski definition) is 1. The Balaban J connectivity index is 1.55. The van der Waals surface area contributed by atoms with Gasteiger partial charge in [0, 0.05) is 31.3 Å².